The Morgan fingerprint density at radius 1 is 1.12 bits per heavy atom. The van der Waals surface area contributed by atoms with Gasteiger partial charge in [0, 0.05) is 23.8 Å². The van der Waals surface area contributed by atoms with Crippen molar-refractivity contribution in [1.82, 2.24) is 15.0 Å². The number of pyridine rings is 1. The fraction of sp³-hybridized carbons (Fsp3) is 0.261. The molecule has 0 saturated heterocycles. The summed E-state index contributed by atoms with van der Waals surface area (Å²) in [6.45, 7) is 5.90. The van der Waals surface area contributed by atoms with Crippen molar-refractivity contribution < 1.29 is 13.2 Å². The van der Waals surface area contributed by atoms with Gasteiger partial charge in [0.2, 0.25) is 11.9 Å². The number of benzene rings is 1. The van der Waals surface area contributed by atoms with Crippen LogP contribution in [0.1, 0.15) is 44.4 Å². The first-order chi connectivity index (χ1) is 16.2. The van der Waals surface area contributed by atoms with Gasteiger partial charge in [0.05, 0.1) is 15.7 Å². The molecule has 1 unspecified atom stereocenters. The first-order valence-corrected chi connectivity index (χ1v) is 12.9. The van der Waals surface area contributed by atoms with E-state index in [0.717, 1.165) is 5.69 Å². The highest BCUT2D eigenvalue weighted by Crippen LogP contribution is 2.29. The van der Waals surface area contributed by atoms with E-state index < -0.39 is 15.3 Å². The number of nitrogens with one attached hydrogen (secondary N) is 2. The van der Waals surface area contributed by atoms with Gasteiger partial charge in [-0.3, -0.25) is 4.79 Å². The summed E-state index contributed by atoms with van der Waals surface area (Å²) in [7, 11) is -3.87. The third kappa shape index (κ3) is 6.30. The monoisotopic (exact) mass is 496 g/mol. The van der Waals surface area contributed by atoms with E-state index in [4.69, 9.17) is 0 Å². The standard InChI is InChI=1S/C23H24N6O3S2/c1-4-20(33-22-16(14-24)6-11-19(28-22)15(2)3)21(30)27-17-7-9-18(10-8-17)34(31,32)29-23-25-12-5-13-26-23/h5-13,15,20H,4H2,1-3H3,(H,27,30)(H,25,26,29). The number of carbonyl (C=O) groups is 1. The van der Waals surface area contributed by atoms with Crippen LogP contribution in [0, 0.1) is 11.3 Å². The molecule has 0 bridgehead atoms. The van der Waals surface area contributed by atoms with E-state index in [-0.39, 0.29) is 22.7 Å². The summed E-state index contributed by atoms with van der Waals surface area (Å²) in [6.07, 6.45) is 3.38. The third-order valence-electron chi connectivity index (χ3n) is 4.73. The molecule has 0 spiro atoms. The highest BCUT2D eigenvalue weighted by molar-refractivity contribution is 8.00. The fourth-order valence-electron chi connectivity index (χ4n) is 2.88. The van der Waals surface area contributed by atoms with Crippen LogP contribution in [0.25, 0.3) is 0 Å². The zero-order chi connectivity index (χ0) is 24.7. The fourth-order valence-corrected chi connectivity index (χ4v) is 4.84. The molecule has 0 aliphatic carbocycles. The minimum atomic E-state index is -3.87. The molecule has 1 aromatic carbocycles. The smallest absolute Gasteiger partial charge is 0.264 e. The van der Waals surface area contributed by atoms with E-state index in [9.17, 15) is 18.5 Å². The molecule has 11 heteroatoms. The van der Waals surface area contributed by atoms with Gasteiger partial charge in [0.15, 0.2) is 0 Å². The average Bonchev–Trinajstić information content (AvgIpc) is 2.83. The Morgan fingerprint density at radius 2 is 1.79 bits per heavy atom. The van der Waals surface area contributed by atoms with E-state index >= 15 is 0 Å². The SMILES string of the molecule is CCC(Sc1nc(C(C)C)ccc1C#N)C(=O)Nc1ccc(S(=O)(=O)Nc2ncccn2)cc1. The number of carbonyl (C=O) groups excluding carboxylic acids is 1. The van der Waals surface area contributed by atoms with E-state index in [1.165, 1.54) is 48.4 Å². The summed E-state index contributed by atoms with van der Waals surface area (Å²) in [6, 6.07) is 13.0. The number of nitriles is 1. The van der Waals surface area contributed by atoms with Crippen LogP contribution in [0.4, 0.5) is 11.6 Å². The third-order valence-corrected chi connectivity index (χ3v) is 7.44. The van der Waals surface area contributed by atoms with Gasteiger partial charge in [-0.15, -0.1) is 0 Å². The summed E-state index contributed by atoms with van der Waals surface area (Å²) in [4.78, 5) is 25.2. The summed E-state index contributed by atoms with van der Waals surface area (Å²) in [5.41, 5.74) is 1.72. The van der Waals surface area contributed by atoms with Gasteiger partial charge in [0.25, 0.3) is 10.0 Å². The molecule has 0 aliphatic rings. The van der Waals surface area contributed by atoms with Crippen molar-refractivity contribution in [1.29, 1.82) is 5.26 Å². The van der Waals surface area contributed by atoms with Crippen LogP contribution in [0.3, 0.4) is 0 Å². The van der Waals surface area contributed by atoms with Gasteiger partial charge in [-0.2, -0.15) is 5.26 Å². The second-order valence-electron chi connectivity index (χ2n) is 7.56. The Hall–Kier alpha value is -3.49. The molecule has 1 atom stereocenters. The molecule has 0 fully saturated rings. The lowest BCUT2D eigenvalue weighted by atomic mass is 10.1. The zero-order valence-electron chi connectivity index (χ0n) is 18.9. The minimum Gasteiger partial charge on any atom is -0.325 e. The van der Waals surface area contributed by atoms with Crippen LogP contribution >= 0.6 is 11.8 Å². The highest BCUT2D eigenvalue weighted by Gasteiger charge is 2.22. The molecule has 9 nitrogen and oxygen atoms in total. The van der Waals surface area contributed by atoms with Crippen molar-refractivity contribution >= 4 is 39.3 Å². The van der Waals surface area contributed by atoms with Gasteiger partial charge in [-0.25, -0.2) is 28.1 Å². The average molecular weight is 497 g/mol. The Labute approximate surface area is 203 Å². The van der Waals surface area contributed by atoms with Gasteiger partial charge in [-0.1, -0.05) is 32.5 Å². The minimum absolute atomic E-state index is 0.00716. The lowest BCUT2D eigenvalue weighted by molar-refractivity contribution is -0.115. The lowest BCUT2D eigenvalue weighted by Gasteiger charge is -2.16. The maximum atomic E-state index is 12.9. The second kappa shape index (κ2) is 11.1. The molecule has 0 radical (unpaired) electrons. The lowest BCUT2D eigenvalue weighted by Crippen LogP contribution is -2.25. The van der Waals surface area contributed by atoms with E-state index in [0.29, 0.717) is 22.7 Å². The molecular weight excluding hydrogens is 472 g/mol. The first-order valence-electron chi connectivity index (χ1n) is 10.5. The normalized spacial score (nSPS) is 12.1. The van der Waals surface area contributed by atoms with Gasteiger partial charge >= 0.3 is 0 Å². The first kappa shape index (κ1) is 25.1. The quantitative estimate of drug-likeness (QED) is 0.421. The van der Waals surface area contributed by atoms with Gasteiger partial charge in [-0.05, 0) is 54.8 Å². The zero-order valence-corrected chi connectivity index (χ0v) is 20.5. The Bertz CT molecular complexity index is 1290. The van der Waals surface area contributed by atoms with Gasteiger partial charge < -0.3 is 5.32 Å². The van der Waals surface area contributed by atoms with Crippen molar-refractivity contribution in [3.05, 3.63) is 66.1 Å². The molecule has 34 heavy (non-hydrogen) atoms. The molecule has 2 aromatic heterocycles. The Kier molecular flexibility index (Phi) is 8.20. The number of anilines is 2. The molecule has 0 saturated carbocycles. The highest BCUT2D eigenvalue weighted by atomic mass is 32.2. The molecule has 1 amide bonds. The summed E-state index contributed by atoms with van der Waals surface area (Å²) in [5.74, 6) is -0.104. The number of sulfonamides is 1. The van der Waals surface area contributed by atoms with Crippen molar-refractivity contribution in [2.45, 2.75) is 48.3 Å². The summed E-state index contributed by atoms with van der Waals surface area (Å²) in [5, 5.41) is 12.3. The molecule has 176 valence electrons. The molecule has 3 rings (SSSR count). The molecule has 2 heterocycles. The van der Waals surface area contributed by atoms with Crippen molar-refractivity contribution in [3.63, 3.8) is 0 Å². The number of rotatable bonds is 9. The molecule has 0 aliphatic heterocycles. The van der Waals surface area contributed by atoms with Crippen LogP contribution in [-0.4, -0.2) is 34.5 Å². The largest absolute Gasteiger partial charge is 0.325 e. The van der Waals surface area contributed by atoms with Crippen LogP contribution in [0.15, 0.2) is 64.8 Å². The Morgan fingerprint density at radius 3 is 2.38 bits per heavy atom. The maximum absolute atomic E-state index is 12.9. The number of amides is 1. The van der Waals surface area contributed by atoms with Crippen LogP contribution in [0.2, 0.25) is 0 Å². The number of hydrogen-bond acceptors (Lipinski definition) is 8. The van der Waals surface area contributed by atoms with Crippen LogP contribution in [-0.2, 0) is 14.8 Å². The van der Waals surface area contributed by atoms with Crippen LogP contribution in [0.5, 0.6) is 0 Å². The number of hydrogen-bond donors (Lipinski definition) is 2. The predicted octanol–water partition coefficient (Wildman–Crippen LogP) is 4.18. The number of thioether (sulfide) groups is 1. The van der Waals surface area contributed by atoms with Crippen molar-refractivity contribution in [2.24, 2.45) is 0 Å². The molecular formula is C23H24N6O3S2. The second-order valence-corrected chi connectivity index (χ2v) is 10.4. The summed E-state index contributed by atoms with van der Waals surface area (Å²) < 4.78 is 27.3. The van der Waals surface area contributed by atoms with E-state index in [1.54, 1.807) is 12.1 Å². The number of aromatic nitrogens is 3. The van der Waals surface area contributed by atoms with Crippen LogP contribution < -0.4 is 10.0 Å². The van der Waals surface area contributed by atoms with E-state index in [1.807, 2.05) is 26.8 Å². The van der Waals surface area contributed by atoms with Crippen molar-refractivity contribution in [2.75, 3.05) is 10.0 Å². The maximum Gasteiger partial charge on any atom is 0.264 e. The number of nitrogens with zero attached hydrogens (tertiary/aromatic N) is 4. The predicted molar refractivity (Wildman–Crippen MR) is 131 cm³/mol. The molecule has 3 aromatic rings. The topological polar surface area (TPSA) is 138 Å². The Balaban J connectivity index is 1.71. The van der Waals surface area contributed by atoms with Gasteiger partial charge in [0.1, 0.15) is 11.1 Å². The summed E-state index contributed by atoms with van der Waals surface area (Å²) >= 11 is 1.24. The van der Waals surface area contributed by atoms with Crippen molar-refractivity contribution in [3.8, 4) is 6.07 Å². The van der Waals surface area contributed by atoms with E-state index in [2.05, 4.69) is 31.1 Å². The molecule has 2 N–H and O–H groups in total.